The molecule has 2 aromatic heterocycles. The van der Waals surface area contributed by atoms with Crippen molar-refractivity contribution in [2.24, 2.45) is 0 Å². The molecule has 0 aliphatic carbocycles. The zero-order valence-corrected chi connectivity index (χ0v) is 35.9. The summed E-state index contributed by atoms with van der Waals surface area (Å²) in [5, 5.41) is 13.0. The largest absolute Gasteiger partial charge is 0.247 e. The lowest BCUT2D eigenvalue weighted by Crippen LogP contribution is -2.01. The molecule has 0 fully saturated rings. The van der Waals surface area contributed by atoms with E-state index in [0.717, 1.165) is 88.7 Å². The van der Waals surface area contributed by atoms with E-state index in [1.54, 1.807) is 0 Å². The Morgan fingerprint density at radius 2 is 0.682 bits per heavy atom. The van der Waals surface area contributed by atoms with Crippen LogP contribution in [0.2, 0.25) is 0 Å². The van der Waals surface area contributed by atoms with Crippen LogP contribution in [0.25, 0.3) is 132 Å². The van der Waals surface area contributed by atoms with E-state index in [-0.39, 0.29) is 0 Å². The van der Waals surface area contributed by atoms with Crippen LogP contribution < -0.4 is 0 Å². The van der Waals surface area contributed by atoms with Crippen molar-refractivity contribution >= 4 is 64.8 Å². The molecule has 0 amide bonds. The van der Waals surface area contributed by atoms with E-state index < -0.39 is 0 Å². The van der Waals surface area contributed by atoms with Gasteiger partial charge in [0.05, 0.1) is 22.6 Å². The predicted molar refractivity (Wildman–Crippen MR) is 277 cm³/mol. The van der Waals surface area contributed by atoms with Gasteiger partial charge in [0.25, 0.3) is 0 Å². The van der Waals surface area contributed by atoms with E-state index in [1.165, 1.54) is 37.7 Å². The average Bonchev–Trinajstić information content (AvgIpc) is 3.39. The Hall–Kier alpha value is -8.79. The molecule has 13 aromatic rings. The minimum atomic E-state index is 0.688. The molecular formula is C63H39N3. The fourth-order valence-corrected chi connectivity index (χ4v) is 9.97. The topological polar surface area (TPSA) is 38.7 Å². The zero-order chi connectivity index (χ0) is 43.6. The lowest BCUT2D eigenvalue weighted by molar-refractivity contribution is 1.19. The summed E-state index contributed by atoms with van der Waals surface area (Å²) in [6, 6.07) is 84.8. The molecule has 0 saturated carbocycles. The molecule has 3 heteroatoms. The summed E-state index contributed by atoms with van der Waals surface area (Å²) in [6.07, 6.45) is 0. The monoisotopic (exact) mass is 837 g/mol. The van der Waals surface area contributed by atoms with Crippen LogP contribution in [0.1, 0.15) is 0 Å². The lowest BCUT2D eigenvalue weighted by atomic mass is 9.88. The Kier molecular flexibility index (Phi) is 8.85. The van der Waals surface area contributed by atoms with E-state index in [4.69, 9.17) is 15.0 Å². The summed E-state index contributed by atoms with van der Waals surface area (Å²) in [6.45, 7) is 0. The second kappa shape index (κ2) is 15.5. The Bertz CT molecular complexity index is 3940. The van der Waals surface area contributed by atoms with Crippen LogP contribution in [0.3, 0.4) is 0 Å². The molecule has 13 rings (SSSR count). The van der Waals surface area contributed by atoms with Crippen molar-refractivity contribution in [1.29, 1.82) is 0 Å². The molecule has 0 unspecified atom stereocenters. The van der Waals surface area contributed by atoms with Crippen molar-refractivity contribution in [2.45, 2.75) is 0 Å². The highest BCUT2D eigenvalue weighted by Gasteiger charge is 2.22. The third-order valence-corrected chi connectivity index (χ3v) is 13.2. The first-order valence-electron chi connectivity index (χ1n) is 22.5. The minimum absolute atomic E-state index is 0.688. The smallest absolute Gasteiger partial charge is 0.160 e. The average molecular weight is 838 g/mol. The van der Waals surface area contributed by atoms with Crippen LogP contribution >= 0.6 is 0 Å². The summed E-state index contributed by atoms with van der Waals surface area (Å²) >= 11 is 0. The fraction of sp³-hybridized carbons (Fsp3) is 0. The van der Waals surface area contributed by atoms with E-state index in [9.17, 15) is 0 Å². The van der Waals surface area contributed by atoms with Gasteiger partial charge in [0, 0.05) is 44.0 Å². The van der Waals surface area contributed by atoms with Crippen LogP contribution in [0.15, 0.2) is 237 Å². The van der Waals surface area contributed by atoms with Gasteiger partial charge in [0.2, 0.25) is 0 Å². The molecule has 2 heterocycles. The van der Waals surface area contributed by atoms with Gasteiger partial charge in [-0.15, -0.1) is 0 Å². The Labute approximate surface area is 382 Å². The first-order valence-corrected chi connectivity index (χ1v) is 22.5. The number of aromatic nitrogens is 3. The predicted octanol–water partition coefficient (Wildman–Crippen LogP) is 16.8. The third kappa shape index (κ3) is 6.40. The normalized spacial score (nSPS) is 11.6. The molecule has 3 nitrogen and oxygen atoms in total. The highest BCUT2D eigenvalue weighted by atomic mass is 14.9. The van der Waals surface area contributed by atoms with Gasteiger partial charge in [-0.3, -0.25) is 0 Å². The van der Waals surface area contributed by atoms with Gasteiger partial charge in [-0.2, -0.15) is 0 Å². The standard InChI is InChI=1S/C63H39N3/c1-2-17-45(18-3-1)63-65-61(50-34-27-41-15-5-8-20-47(41)37-50)58(62(66-63)51-35-28-42-16-6-9-21-48(42)38-51)44-31-29-43(30-32-44)55-39-56-59(53-23-11-10-22-52(53)55)54-24-12-13-25-57(54)64-60(56)49-33-26-40-14-4-7-19-46(40)36-49/h1-39H. The fourth-order valence-electron chi connectivity index (χ4n) is 9.97. The number of nitrogens with zero attached hydrogens (tertiary/aromatic N) is 3. The number of benzene rings is 11. The van der Waals surface area contributed by atoms with Crippen LogP contribution in [-0.2, 0) is 0 Å². The molecule has 0 saturated heterocycles. The Morgan fingerprint density at radius 3 is 1.26 bits per heavy atom. The van der Waals surface area contributed by atoms with Crippen LogP contribution in [-0.4, -0.2) is 15.0 Å². The quantitative estimate of drug-likeness (QED) is 0.157. The number of rotatable bonds is 6. The van der Waals surface area contributed by atoms with Gasteiger partial charge in [-0.25, -0.2) is 15.0 Å². The maximum atomic E-state index is 5.46. The van der Waals surface area contributed by atoms with Crippen LogP contribution in [0, 0.1) is 0 Å². The third-order valence-electron chi connectivity index (χ3n) is 13.2. The van der Waals surface area contributed by atoms with Crippen molar-refractivity contribution in [3.8, 4) is 67.4 Å². The van der Waals surface area contributed by atoms with Crippen molar-refractivity contribution < 1.29 is 0 Å². The Morgan fingerprint density at radius 1 is 0.242 bits per heavy atom. The number of hydrogen-bond acceptors (Lipinski definition) is 3. The second-order valence-corrected chi connectivity index (χ2v) is 17.1. The molecule has 0 N–H and O–H groups in total. The van der Waals surface area contributed by atoms with Gasteiger partial charge in [-0.1, -0.05) is 206 Å². The SMILES string of the molecule is c1ccc(-c2nc(-c3ccc4ccccc4c3)c(-c3ccc(-c4cc5c(-c6ccc7ccccc7c6)nc6ccccc6c5c5ccccc45)cc3)c(-c3ccc4ccccc4c3)n2)cc1. The number of hydrogen-bond donors (Lipinski definition) is 0. The van der Waals surface area contributed by atoms with E-state index in [1.807, 2.05) is 6.07 Å². The highest BCUT2D eigenvalue weighted by molar-refractivity contribution is 6.25. The van der Waals surface area contributed by atoms with Crippen molar-refractivity contribution in [3.05, 3.63) is 237 Å². The highest BCUT2D eigenvalue weighted by Crippen LogP contribution is 2.45. The zero-order valence-electron chi connectivity index (χ0n) is 35.9. The van der Waals surface area contributed by atoms with Gasteiger partial charge in [-0.05, 0) is 90.1 Å². The van der Waals surface area contributed by atoms with Gasteiger partial charge in [0.15, 0.2) is 5.82 Å². The van der Waals surface area contributed by atoms with Gasteiger partial charge in [0.1, 0.15) is 0 Å². The van der Waals surface area contributed by atoms with Crippen LogP contribution in [0.4, 0.5) is 0 Å². The van der Waals surface area contributed by atoms with Crippen molar-refractivity contribution in [1.82, 2.24) is 15.0 Å². The number of fused-ring (bicyclic) bond motifs is 8. The summed E-state index contributed by atoms with van der Waals surface area (Å²) in [7, 11) is 0. The van der Waals surface area contributed by atoms with E-state index in [2.05, 4.69) is 231 Å². The molecule has 0 spiro atoms. The van der Waals surface area contributed by atoms with Gasteiger partial charge < -0.3 is 0 Å². The summed E-state index contributed by atoms with van der Waals surface area (Å²) in [4.78, 5) is 16.3. The van der Waals surface area contributed by atoms with Crippen LogP contribution in [0.5, 0.6) is 0 Å². The molecule has 0 radical (unpaired) electrons. The summed E-state index contributed by atoms with van der Waals surface area (Å²) in [5.74, 6) is 0.688. The summed E-state index contributed by atoms with van der Waals surface area (Å²) < 4.78 is 0. The first kappa shape index (κ1) is 37.7. The minimum Gasteiger partial charge on any atom is -0.247 e. The van der Waals surface area contributed by atoms with E-state index >= 15 is 0 Å². The van der Waals surface area contributed by atoms with Crippen molar-refractivity contribution in [2.75, 3.05) is 0 Å². The molecule has 0 bridgehead atoms. The maximum absolute atomic E-state index is 5.46. The second-order valence-electron chi connectivity index (χ2n) is 17.1. The molecule has 0 aliphatic rings. The molecule has 66 heavy (non-hydrogen) atoms. The number of para-hydroxylation sites is 1. The van der Waals surface area contributed by atoms with E-state index in [0.29, 0.717) is 5.82 Å². The molecule has 306 valence electrons. The van der Waals surface area contributed by atoms with Crippen molar-refractivity contribution in [3.63, 3.8) is 0 Å². The number of pyridine rings is 1. The first-order chi connectivity index (χ1) is 32.7. The Balaban J connectivity index is 1.05. The molecule has 0 atom stereocenters. The van der Waals surface area contributed by atoms with Gasteiger partial charge >= 0.3 is 0 Å². The molecule has 11 aromatic carbocycles. The maximum Gasteiger partial charge on any atom is 0.160 e. The molecule has 0 aliphatic heterocycles. The lowest BCUT2D eigenvalue weighted by Gasteiger charge is -2.19. The summed E-state index contributed by atoms with van der Waals surface area (Å²) in [5.41, 5.74) is 12.2. The molecular weight excluding hydrogens is 799 g/mol.